The average Bonchev–Trinajstić information content (AvgIpc) is 2.78. The molecule has 0 bridgehead atoms. The minimum Gasteiger partial charge on any atom is -0.313 e. The molecule has 1 aliphatic heterocycles. The molecule has 1 saturated heterocycles. The van der Waals surface area contributed by atoms with E-state index in [2.05, 4.69) is 0 Å². The number of carbonyl (C=O) groups excluding carboxylic acids is 3. The summed E-state index contributed by atoms with van der Waals surface area (Å²) in [6, 6.07) is 6.76. The predicted octanol–water partition coefficient (Wildman–Crippen LogP) is 2.06. The van der Waals surface area contributed by atoms with E-state index in [1.807, 2.05) is 31.2 Å². The van der Waals surface area contributed by atoms with Crippen molar-refractivity contribution in [1.29, 1.82) is 0 Å². The van der Waals surface area contributed by atoms with Crippen molar-refractivity contribution in [2.75, 3.05) is 11.6 Å². The lowest BCUT2D eigenvalue weighted by Crippen LogP contribution is -2.46. The fourth-order valence-corrected chi connectivity index (χ4v) is 2.61. The van der Waals surface area contributed by atoms with Crippen molar-refractivity contribution < 1.29 is 14.4 Å². The monoisotopic (exact) mass is 308 g/mol. The highest BCUT2D eigenvalue weighted by atomic mass is 35.5. The van der Waals surface area contributed by atoms with Gasteiger partial charge in [-0.3, -0.25) is 19.3 Å². The molecule has 2 rings (SSSR count). The minimum atomic E-state index is -0.647. The highest BCUT2D eigenvalue weighted by Gasteiger charge is 2.36. The number of aryl methyl sites for hydroxylation is 1. The van der Waals surface area contributed by atoms with Gasteiger partial charge in [-0.2, -0.15) is 0 Å². The quantitative estimate of drug-likeness (QED) is 0.800. The van der Waals surface area contributed by atoms with Gasteiger partial charge < -0.3 is 4.90 Å². The molecular formula is C15H17ClN2O3. The molecule has 112 valence electrons. The van der Waals surface area contributed by atoms with Gasteiger partial charge in [0.05, 0.1) is 0 Å². The number of nitrogens with zero attached hydrogens (tertiary/aromatic N) is 2. The van der Waals surface area contributed by atoms with Crippen LogP contribution in [-0.4, -0.2) is 34.7 Å². The topological polar surface area (TPSA) is 57.7 Å². The van der Waals surface area contributed by atoms with Crippen LogP contribution in [0, 0.1) is 6.92 Å². The molecule has 21 heavy (non-hydrogen) atoms. The third-order valence-electron chi connectivity index (χ3n) is 3.61. The Kier molecular flexibility index (Phi) is 4.63. The molecule has 2 amide bonds. The molecule has 1 aromatic rings. The first-order chi connectivity index (χ1) is 9.90. The van der Waals surface area contributed by atoms with Crippen molar-refractivity contribution in [3.8, 4) is 0 Å². The van der Waals surface area contributed by atoms with Gasteiger partial charge in [0, 0.05) is 19.0 Å². The van der Waals surface area contributed by atoms with Crippen molar-refractivity contribution in [2.45, 2.75) is 32.7 Å². The van der Waals surface area contributed by atoms with Crippen LogP contribution >= 0.6 is 11.6 Å². The second-order valence-electron chi connectivity index (χ2n) is 5.15. The summed E-state index contributed by atoms with van der Waals surface area (Å²) in [5, 5.41) is -0.562. The zero-order valence-electron chi connectivity index (χ0n) is 12.0. The number of benzene rings is 1. The molecule has 5 nitrogen and oxygen atoms in total. The Morgan fingerprint density at radius 2 is 1.95 bits per heavy atom. The van der Waals surface area contributed by atoms with Crippen molar-refractivity contribution in [2.24, 2.45) is 0 Å². The molecule has 1 fully saturated rings. The average molecular weight is 309 g/mol. The van der Waals surface area contributed by atoms with Gasteiger partial charge in [-0.1, -0.05) is 17.7 Å². The van der Waals surface area contributed by atoms with Crippen LogP contribution in [0.25, 0.3) is 0 Å². The number of hydrogen-bond acceptors (Lipinski definition) is 3. The largest absolute Gasteiger partial charge is 0.313 e. The van der Waals surface area contributed by atoms with Crippen molar-refractivity contribution in [3.05, 3.63) is 29.8 Å². The lowest BCUT2D eigenvalue weighted by Gasteiger charge is -2.30. The molecule has 1 atom stereocenters. The maximum absolute atomic E-state index is 11.9. The van der Waals surface area contributed by atoms with Gasteiger partial charge in [0.25, 0.3) is 0 Å². The Morgan fingerprint density at radius 1 is 1.33 bits per heavy atom. The second-order valence-corrected chi connectivity index (χ2v) is 5.52. The number of hydrogen-bond donors (Lipinski definition) is 0. The van der Waals surface area contributed by atoms with E-state index in [0.717, 1.165) is 5.56 Å². The Hall–Kier alpha value is -1.88. The fourth-order valence-electron chi connectivity index (χ4n) is 2.39. The third-order valence-corrected chi connectivity index (χ3v) is 3.86. The normalized spacial score (nSPS) is 18.0. The second kappa shape index (κ2) is 6.26. The number of likely N-dealkylation sites (tertiary alicyclic amines) is 1. The lowest BCUT2D eigenvalue weighted by molar-refractivity contribution is -0.132. The number of amides is 2. The zero-order valence-corrected chi connectivity index (χ0v) is 12.8. The lowest BCUT2D eigenvalue weighted by atomic mass is 10.2. The summed E-state index contributed by atoms with van der Waals surface area (Å²) in [6.07, 6.45) is 0.684. The highest BCUT2D eigenvalue weighted by molar-refractivity contribution is 6.65. The summed E-state index contributed by atoms with van der Waals surface area (Å²) in [5.74, 6) is -0.355. The van der Waals surface area contributed by atoms with E-state index >= 15 is 0 Å². The van der Waals surface area contributed by atoms with Gasteiger partial charge in [-0.15, -0.1) is 0 Å². The van der Waals surface area contributed by atoms with Crippen LogP contribution < -0.4 is 4.90 Å². The van der Waals surface area contributed by atoms with E-state index in [1.165, 1.54) is 16.7 Å². The summed E-state index contributed by atoms with van der Waals surface area (Å²) in [6.45, 7) is 3.42. The van der Waals surface area contributed by atoms with Crippen LogP contribution in [0.15, 0.2) is 24.3 Å². The molecule has 0 radical (unpaired) electrons. The van der Waals surface area contributed by atoms with E-state index in [1.54, 1.807) is 0 Å². The molecule has 0 spiro atoms. The van der Waals surface area contributed by atoms with Crippen LogP contribution in [-0.2, 0) is 14.4 Å². The summed E-state index contributed by atoms with van der Waals surface area (Å²) in [7, 11) is 0. The Morgan fingerprint density at radius 3 is 2.48 bits per heavy atom. The Balaban J connectivity index is 2.23. The molecule has 6 heteroatoms. The molecule has 1 aromatic carbocycles. The van der Waals surface area contributed by atoms with Crippen LogP contribution in [0.5, 0.6) is 0 Å². The van der Waals surface area contributed by atoms with Crippen molar-refractivity contribution >= 4 is 34.3 Å². The third kappa shape index (κ3) is 3.42. The first kappa shape index (κ1) is 15.5. The smallest absolute Gasteiger partial charge is 0.244 e. The van der Waals surface area contributed by atoms with Gasteiger partial charge in [0.15, 0.2) is 0 Å². The van der Waals surface area contributed by atoms with Crippen LogP contribution in [0.1, 0.15) is 25.3 Å². The summed E-state index contributed by atoms with van der Waals surface area (Å²) in [5.41, 5.74) is 1.77. The maximum Gasteiger partial charge on any atom is 0.244 e. The van der Waals surface area contributed by atoms with E-state index in [9.17, 15) is 14.4 Å². The standard InChI is InChI=1S/C15H17ClN2O3/c1-10-3-5-12(6-4-10)17(11(2)19)9-18-13(15(16)21)7-8-14(18)20/h3-6,13H,7-9H2,1-2H3. The SMILES string of the molecule is CC(=O)N(CN1C(=O)CCC1C(=O)Cl)c1ccc(C)cc1. The summed E-state index contributed by atoms with van der Waals surface area (Å²) < 4.78 is 0. The number of rotatable bonds is 4. The van der Waals surface area contributed by atoms with Gasteiger partial charge >= 0.3 is 0 Å². The molecule has 0 aromatic heterocycles. The van der Waals surface area contributed by atoms with Crippen molar-refractivity contribution in [1.82, 2.24) is 4.90 Å². The van der Waals surface area contributed by atoms with E-state index in [4.69, 9.17) is 11.6 Å². The summed E-state index contributed by atoms with van der Waals surface area (Å²) in [4.78, 5) is 38.0. The minimum absolute atomic E-state index is 0.0420. The Bertz CT molecular complexity index is 571. The predicted molar refractivity (Wildman–Crippen MR) is 79.9 cm³/mol. The fraction of sp³-hybridized carbons (Fsp3) is 0.400. The van der Waals surface area contributed by atoms with Gasteiger partial charge in [0.1, 0.15) is 12.7 Å². The van der Waals surface area contributed by atoms with Gasteiger partial charge in [0.2, 0.25) is 17.1 Å². The van der Waals surface area contributed by atoms with Crippen molar-refractivity contribution in [3.63, 3.8) is 0 Å². The molecule has 1 heterocycles. The van der Waals surface area contributed by atoms with E-state index < -0.39 is 11.3 Å². The molecule has 0 saturated carbocycles. The number of halogens is 1. The Labute approximate surface area is 128 Å². The zero-order chi connectivity index (χ0) is 15.6. The van der Waals surface area contributed by atoms with Gasteiger partial charge in [-0.25, -0.2) is 0 Å². The summed E-state index contributed by atoms with van der Waals surface area (Å²) >= 11 is 5.54. The molecule has 0 N–H and O–H groups in total. The highest BCUT2D eigenvalue weighted by Crippen LogP contribution is 2.23. The molecule has 1 unspecified atom stereocenters. The van der Waals surface area contributed by atoms with Crippen LogP contribution in [0.3, 0.4) is 0 Å². The molecular weight excluding hydrogens is 292 g/mol. The van der Waals surface area contributed by atoms with Crippen LogP contribution in [0.4, 0.5) is 5.69 Å². The van der Waals surface area contributed by atoms with E-state index in [-0.39, 0.29) is 24.9 Å². The maximum atomic E-state index is 11.9. The molecule has 1 aliphatic rings. The van der Waals surface area contributed by atoms with Gasteiger partial charge in [-0.05, 0) is 37.1 Å². The van der Waals surface area contributed by atoms with Crippen LogP contribution in [0.2, 0.25) is 0 Å². The first-order valence-electron chi connectivity index (χ1n) is 6.73. The molecule has 0 aliphatic carbocycles. The first-order valence-corrected chi connectivity index (χ1v) is 7.11. The van der Waals surface area contributed by atoms with E-state index in [0.29, 0.717) is 12.1 Å². The number of anilines is 1. The number of carbonyl (C=O) groups is 3.